The van der Waals surface area contributed by atoms with E-state index in [0.717, 1.165) is 32.2 Å². The number of unbranched alkanes of at least 4 members (excludes halogenated alkanes) is 2. The van der Waals surface area contributed by atoms with Crippen molar-refractivity contribution in [1.29, 1.82) is 0 Å². The molecular weight excluding hydrogens is 248 g/mol. The summed E-state index contributed by atoms with van der Waals surface area (Å²) >= 11 is 1.85. The molecule has 1 unspecified atom stereocenters. The monoisotopic (exact) mass is 272 g/mol. The van der Waals surface area contributed by atoms with Crippen LogP contribution in [0.25, 0.3) is 0 Å². The summed E-state index contributed by atoms with van der Waals surface area (Å²) < 4.78 is 0. The number of hydrogen-bond acceptors (Lipinski definition) is 3. The molecule has 2 amide bonds. The van der Waals surface area contributed by atoms with E-state index < -0.39 is 0 Å². The third-order valence-corrected chi connectivity index (χ3v) is 3.83. The van der Waals surface area contributed by atoms with Gasteiger partial charge in [0.25, 0.3) is 0 Å². The number of carbonyl (C=O) groups is 2. The molecule has 1 rings (SSSR count). The van der Waals surface area contributed by atoms with Gasteiger partial charge in [0, 0.05) is 6.54 Å². The molecule has 0 saturated carbocycles. The minimum absolute atomic E-state index is 0.0165. The van der Waals surface area contributed by atoms with Crippen LogP contribution in [0.2, 0.25) is 0 Å². The van der Waals surface area contributed by atoms with Gasteiger partial charge in [0.15, 0.2) is 0 Å². The molecule has 0 aromatic heterocycles. The number of nitrogens with one attached hydrogen (secondary N) is 1. The highest BCUT2D eigenvalue weighted by Gasteiger charge is 2.31. The van der Waals surface area contributed by atoms with Gasteiger partial charge < -0.3 is 10.2 Å². The molecule has 1 fully saturated rings. The lowest BCUT2D eigenvalue weighted by molar-refractivity contribution is -0.144. The molecule has 4 nitrogen and oxygen atoms in total. The van der Waals surface area contributed by atoms with E-state index in [0.29, 0.717) is 0 Å². The minimum atomic E-state index is -0.289. The molecule has 0 radical (unpaired) electrons. The summed E-state index contributed by atoms with van der Waals surface area (Å²) in [7, 11) is 0. The lowest BCUT2D eigenvalue weighted by Gasteiger charge is -2.32. The molecule has 0 bridgehead atoms. The Labute approximate surface area is 114 Å². The van der Waals surface area contributed by atoms with Crippen LogP contribution in [-0.2, 0) is 9.59 Å². The molecule has 1 heterocycles. The first-order chi connectivity index (χ1) is 8.69. The maximum atomic E-state index is 12.1. The molecule has 5 heteroatoms. The zero-order chi connectivity index (χ0) is 13.4. The second kappa shape index (κ2) is 8.40. The molecule has 1 aliphatic heterocycles. The normalized spacial score (nSPS) is 20.1. The molecule has 18 heavy (non-hydrogen) atoms. The highest BCUT2D eigenvalue weighted by atomic mass is 32.2. The molecule has 1 saturated heterocycles. The van der Waals surface area contributed by atoms with E-state index in [4.69, 9.17) is 0 Å². The number of amides is 2. The molecule has 0 aromatic carbocycles. The smallest absolute Gasteiger partial charge is 0.245 e. The fraction of sp³-hybridized carbons (Fsp3) is 0.846. The van der Waals surface area contributed by atoms with Crippen LogP contribution in [-0.4, -0.2) is 47.9 Å². The van der Waals surface area contributed by atoms with Gasteiger partial charge in [-0.3, -0.25) is 9.59 Å². The Morgan fingerprint density at radius 3 is 2.78 bits per heavy atom. The summed E-state index contributed by atoms with van der Waals surface area (Å²) in [5.74, 6) is 1.26. The van der Waals surface area contributed by atoms with Gasteiger partial charge in [-0.25, -0.2) is 0 Å². The van der Waals surface area contributed by atoms with Crippen molar-refractivity contribution >= 4 is 23.6 Å². The van der Waals surface area contributed by atoms with Crippen molar-refractivity contribution in [3.05, 3.63) is 0 Å². The Morgan fingerprint density at radius 2 is 2.11 bits per heavy atom. The second-order valence-electron chi connectivity index (χ2n) is 4.72. The highest BCUT2D eigenvalue weighted by Crippen LogP contribution is 2.10. The lowest BCUT2D eigenvalue weighted by atomic mass is 10.1. The third kappa shape index (κ3) is 4.88. The van der Waals surface area contributed by atoms with Gasteiger partial charge in [-0.15, -0.1) is 0 Å². The van der Waals surface area contributed by atoms with Crippen LogP contribution in [0.5, 0.6) is 0 Å². The van der Waals surface area contributed by atoms with Crippen molar-refractivity contribution in [2.24, 2.45) is 0 Å². The number of hydrogen-bond donors (Lipinski definition) is 1. The van der Waals surface area contributed by atoms with Gasteiger partial charge in [-0.05, 0) is 31.3 Å². The van der Waals surface area contributed by atoms with E-state index in [9.17, 15) is 9.59 Å². The van der Waals surface area contributed by atoms with E-state index in [2.05, 4.69) is 11.6 Å². The van der Waals surface area contributed by atoms with Crippen molar-refractivity contribution in [3.8, 4) is 0 Å². The predicted molar refractivity (Wildman–Crippen MR) is 75.7 cm³/mol. The minimum Gasteiger partial charge on any atom is -0.343 e. The summed E-state index contributed by atoms with van der Waals surface area (Å²) in [6, 6.07) is -0.289. The van der Waals surface area contributed by atoms with E-state index in [1.165, 1.54) is 12.2 Å². The molecule has 0 aromatic rings. The molecule has 0 spiro atoms. The third-order valence-electron chi connectivity index (χ3n) is 3.13. The maximum Gasteiger partial charge on any atom is 0.245 e. The lowest BCUT2D eigenvalue weighted by Crippen LogP contribution is -2.58. The average molecular weight is 272 g/mol. The van der Waals surface area contributed by atoms with Crippen LogP contribution >= 0.6 is 11.8 Å². The average Bonchev–Trinajstić information content (AvgIpc) is 2.34. The first-order valence-electron chi connectivity index (χ1n) is 6.76. The van der Waals surface area contributed by atoms with Crippen molar-refractivity contribution in [1.82, 2.24) is 10.2 Å². The molecule has 1 atom stereocenters. The molecule has 1 N–H and O–H groups in total. The summed E-state index contributed by atoms with van der Waals surface area (Å²) in [4.78, 5) is 25.3. The van der Waals surface area contributed by atoms with Gasteiger partial charge in [-0.1, -0.05) is 19.8 Å². The van der Waals surface area contributed by atoms with Crippen molar-refractivity contribution < 1.29 is 9.59 Å². The fourth-order valence-corrected chi connectivity index (χ4v) is 2.67. The zero-order valence-electron chi connectivity index (χ0n) is 11.4. The Hall–Kier alpha value is -0.710. The van der Waals surface area contributed by atoms with Gasteiger partial charge in [0.1, 0.15) is 6.04 Å². The van der Waals surface area contributed by atoms with E-state index in [-0.39, 0.29) is 24.4 Å². The number of carbonyl (C=O) groups excluding carboxylic acids is 2. The summed E-state index contributed by atoms with van der Waals surface area (Å²) in [5.41, 5.74) is 0. The van der Waals surface area contributed by atoms with Crippen molar-refractivity contribution in [3.63, 3.8) is 0 Å². The topological polar surface area (TPSA) is 49.4 Å². The van der Waals surface area contributed by atoms with Crippen LogP contribution in [0.1, 0.15) is 39.0 Å². The van der Waals surface area contributed by atoms with Crippen molar-refractivity contribution in [2.45, 2.75) is 45.1 Å². The van der Waals surface area contributed by atoms with Crippen LogP contribution in [0.15, 0.2) is 0 Å². The number of nitrogens with zero attached hydrogens (tertiary/aromatic N) is 1. The number of thioether (sulfide) groups is 1. The molecule has 0 aliphatic carbocycles. The first kappa shape index (κ1) is 15.3. The van der Waals surface area contributed by atoms with Crippen LogP contribution in [0, 0.1) is 0 Å². The summed E-state index contributed by atoms with van der Waals surface area (Å²) in [6.45, 7) is 2.99. The number of piperazine rings is 1. The zero-order valence-corrected chi connectivity index (χ0v) is 12.2. The standard InChI is InChI=1S/C13H24N2O2S/c1-3-7-11-13(17)15(10-12(16)14-11)8-5-4-6-9-18-2/h11H,3-10H2,1-2H3,(H,14,16). The Balaban J connectivity index is 2.34. The Morgan fingerprint density at radius 1 is 1.33 bits per heavy atom. The fourth-order valence-electron chi connectivity index (χ4n) is 2.17. The Kier molecular flexibility index (Phi) is 7.16. The van der Waals surface area contributed by atoms with Crippen LogP contribution < -0.4 is 5.32 Å². The van der Waals surface area contributed by atoms with E-state index in [1.807, 2.05) is 18.7 Å². The van der Waals surface area contributed by atoms with Crippen LogP contribution in [0.3, 0.4) is 0 Å². The van der Waals surface area contributed by atoms with Gasteiger partial charge in [-0.2, -0.15) is 11.8 Å². The largest absolute Gasteiger partial charge is 0.343 e. The SMILES string of the molecule is CCCC1NC(=O)CN(CCCCCSC)C1=O. The van der Waals surface area contributed by atoms with Gasteiger partial charge >= 0.3 is 0 Å². The van der Waals surface area contributed by atoms with E-state index >= 15 is 0 Å². The number of rotatable bonds is 8. The Bertz CT molecular complexity index is 284. The summed E-state index contributed by atoms with van der Waals surface area (Å²) in [6.07, 6.45) is 7.08. The molecular formula is C13H24N2O2S. The molecule has 104 valence electrons. The second-order valence-corrected chi connectivity index (χ2v) is 5.71. The van der Waals surface area contributed by atoms with Gasteiger partial charge in [0.05, 0.1) is 6.54 Å². The highest BCUT2D eigenvalue weighted by molar-refractivity contribution is 7.98. The summed E-state index contributed by atoms with van der Waals surface area (Å²) in [5, 5.41) is 2.77. The van der Waals surface area contributed by atoms with Crippen LogP contribution in [0.4, 0.5) is 0 Å². The first-order valence-corrected chi connectivity index (χ1v) is 8.15. The quantitative estimate of drug-likeness (QED) is 0.684. The van der Waals surface area contributed by atoms with Gasteiger partial charge in [0.2, 0.25) is 11.8 Å². The maximum absolute atomic E-state index is 12.1. The van der Waals surface area contributed by atoms with Crippen molar-refractivity contribution in [2.75, 3.05) is 25.1 Å². The predicted octanol–water partition coefficient (Wildman–Crippen LogP) is 1.65. The molecule has 1 aliphatic rings. The van der Waals surface area contributed by atoms with E-state index in [1.54, 1.807) is 4.90 Å².